The summed E-state index contributed by atoms with van der Waals surface area (Å²) in [5.74, 6) is 0.684. The number of nitrogens with zero attached hydrogens (tertiary/aromatic N) is 7. The Morgan fingerprint density at radius 1 is 1.16 bits per heavy atom. The molecule has 2 saturated heterocycles. The van der Waals surface area contributed by atoms with Gasteiger partial charge in [-0.2, -0.15) is 5.26 Å². The normalized spacial score (nSPS) is 19.0. The van der Waals surface area contributed by atoms with Crippen molar-refractivity contribution in [1.82, 2.24) is 19.8 Å². The number of halogens is 2. The van der Waals surface area contributed by atoms with Crippen LogP contribution in [0.2, 0.25) is 0 Å². The number of aromatic nitrogens is 2. The third-order valence-corrected chi connectivity index (χ3v) is 8.83. The molecule has 3 aliphatic heterocycles. The molecule has 2 fully saturated rings. The van der Waals surface area contributed by atoms with Crippen LogP contribution in [-0.2, 0) is 17.8 Å². The van der Waals surface area contributed by atoms with Crippen molar-refractivity contribution in [3.05, 3.63) is 65.5 Å². The van der Waals surface area contributed by atoms with Crippen molar-refractivity contribution in [2.75, 3.05) is 62.7 Å². The fourth-order valence-electron chi connectivity index (χ4n) is 6.47. The smallest absolute Gasteiger partial charge is 0.280 e. The van der Waals surface area contributed by atoms with Crippen LogP contribution in [0.1, 0.15) is 41.8 Å². The van der Waals surface area contributed by atoms with E-state index < -0.39 is 6.43 Å². The summed E-state index contributed by atoms with van der Waals surface area (Å²) in [6.07, 6.45) is 1.30. The minimum absolute atomic E-state index is 0.108. The Hall–Kier alpha value is -4.30. The summed E-state index contributed by atoms with van der Waals surface area (Å²) in [5.41, 5.74) is 2.64. The van der Waals surface area contributed by atoms with Crippen molar-refractivity contribution < 1.29 is 18.3 Å². The first kappa shape index (κ1) is 28.8. The Morgan fingerprint density at radius 2 is 1.95 bits per heavy atom. The van der Waals surface area contributed by atoms with Crippen molar-refractivity contribution in [2.45, 2.75) is 38.3 Å². The number of hydrogen-bond acceptors (Lipinski definition) is 8. The standard InChI is InChI=1S/C32H35F2N7O2/c1-3-28(42)39-13-15-40(16-14-39)29-24-10-12-41(31-23-9-5-4-7-21(23)17-26(36-31)30(33)34)19-27(24)37-32(25(29)18-35)43-20-22-8-6-11-38(22)2/h3-5,7,9,17,22,30H,1,6,8,10-16,19-20H2,2H3. The minimum Gasteiger partial charge on any atom is -0.475 e. The Labute approximate surface area is 250 Å². The summed E-state index contributed by atoms with van der Waals surface area (Å²) in [6, 6.07) is 11.5. The predicted molar refractivity (Wildman–Crippen MR) is 161 cm³/mol. The fourth-order valence-corrected chi connectivity index (χ4v) is 6.47. The van der Waals surface area contributed by atoms with Gasteiger partial charge in [-0.15, -0.1) is 0 Å². The van der Waals surface area contributed by atoms with E-state index >= 15 is 0 Å². The Kier molecular flexibility index (Phi) is 8.13. The number of pyridine rings is 2. The molecule has 1 unspecified atom stereocenters. The number of hydrogen-bond donors (Lipinski definition) is 0. The van der Waals surface area contributed by atoms with Gasteiger partial charge in [0.1, 0.15) is 29.8 Å². The first-order valence-electron chi connectivity index (χ1n) is 14.8. The van der Waals surface area contributed by atoms with Crippen LogP contribution >= 0.6 is 0 Å². The second-order valence-electron chi connectivity index (χ2n) is 11.3. The molecule has 3 aromatic rings. The fraction of sp³-hybridized carbons (Fsp3) is 0.438. The van der Waals surface area contributed by atoms with Gasteiger partial charge in [0.25, 0.3) is 6.43 Å². The molecule has 0 saturated carbocycles. The lowest BCUT2D eigenvalue weighted by Gasteiger charge is -2.39. The lowest BCUT2D eigenvalue weighted by molar-refractivity contribution is -0.126. The molecule has 11 heteroatoms. The molecule has 5 heterocycles. The Balaban J connectivity index is 1.39. The first-order valence-corrected chi connectivity index (χ1v) is 14.8. The molecule has 1 atom stereocenters. The van der Waals surface area contributed by atoms with Crippen molar-refractivity contribution in [2.24, 2.45) is 0 Å². The number of rotatable bonds is 7. The molecule has 2 aromatic heterocycles. The average molecular weight is 588 g/mol. The molecule has 6 rings (SSSR count). The van der Waals surface area contributed by atoms with Gasteiger partial charge in [-0.1, -0.05) is 30.8 Å². The van der Waals surface area contributed by atoms with E-state index in [2.05, 4.69) is 34.5 Å². The van der Waals surface area contributed by atoms with Gasteiger partial charge in [0.2, 0.25) is 11.8 Å². The van der Waals surface area contributed by atoms with E-state index in [4.69, 9.17) is 9.72 Å². The highest BCUT2D eigenvalue weighted by Gasteiger charge is 2.32. The number of fused-ring (bicyclic) bond motifs is 2. The lowest BCUT2D eigenvalue weighted by Crippen LogP contribution is -2.49. The number of anilines is 2. The van der Waals surface area contributed by atoms with E-state index in [0.717, 1.165) is 41.7 Å². The molecule has 0 aliphatic carbocycles. The molecular weight excluding hydrogens is 552 g/mol. The minimum atomic E-state index is -2.69. The highest BCUT2D eigenvalue weighted by Crippen LogP contribution is 2.39. The van der Waals surface area contributed by atoms with Crippen LogP contribution in [0.25, 0.3) is 10.8 Å². The van der Waals surface area contributed by atoms with E-state index in [1.807, 2.05) is 29.2 Å². The van der Waals surface area contributed by atoms with Crippen LogP contribution in [0.4, 0.5) is 20.3 Å². The van der Waals surface area contributed by atoms with Gasteiger partial charge < -0.3 is 24.3 Å². The van der Waals surface area contributed by atoms with Gasteiger partial charge in [0, 0.05) is 49.7 Å². The number of carbonyl (C=O) groups excluding carboxylic acids is 1. The third kappa shape index (κ3) is 5.59. The number of piperazine rings is 1. The first-order chi connectivity index (χ1) is 20.9. The molecule has 0 bridgehead atoms. The van der Waals surface area contributed by atoms with E-state index in [0.29, 0.717) is 74.9 Å². The SMILES string of the molecule is C=CC(=O)N1CCN(c2c(C#N)c(OCC3CCCN3C)nc3c2CCN(c2nc(C(F)F)cc4ccccc24)C3)CC1. The maximum atomic E-state index is 13.8. The number of likely N-dealkylation sites (tertiary alicyclic amines) is 1. The van der Waals surface area contributed by atoms with E-state index in [1.54, 1.807) is 4.90 Å². The van der Waals surface area contributed by atoms with Gasteiger partial charge in [0.15, 0.2) is 0 Å². The summed E-state index contributed by atoms with van der Waals surface area (Å²) in [4.78, 5) is 29.7. The number of ether oxygens (including phenoxy) is 1. The highest BCUT2D eigenvalue weighted by atomic mass is 19.3. The highest BCUT2D eigenvalue weighted by molar-refractivity contribution is 5.93. The topological polar surface area (TPSA) is 88.8 Å². The number of alkyl halides is 2. The molecule has 1 aromatic carbocycles. The zero-order valence-corrected chi connectivity index (χ0v) is 24.3. The van der Waals surface area contributed by atoms with Gasteiger partial charge in [0.05, 0.1) is 17.9 Å². The number of nitriles is 1. The summed E-state index contributed by atoms with van der Waals surface area (Å²) in [6.45, 7) is 8.04. The molecule has 0 radical (unpaired) electrons. The zero-order chi connectivity index (χ0) is 30.1. The van der Waals surface area contributed by atoms with Crippen LogP contribution in [0.5, 0.6) is 5.88 Å². The number of amides is 1. The quantitative estimate of drug-likeness (QED) is 0.378. The van der Waals surface area contributed by atoms with Crippen LogP contribution < -0.4 is 14.5 Å². The van der Waals surface area contributed by atoms with Crippen LogP contribution in [0.15, 0.2) is 43.0 Å². The van der Waals surface area contributed by atoms with Crippen molar-refractivity contribution in [1.29, 1.82) is 5.26 Å². The lowest BCUT2D eigenvalue weighted by atomic mass is 9.97. The predicted octanol–water partition coefficient (Wildman–Crippen LogP) is 4.31. The van der Waals surface area contributed by atoms with Crippen LogP contribution in [0, 0.1) is 11.3 Å². The summed E-state index contributed by atoms with van der Waals surface area (Å²) in [7, 11) is 2.07. The van der Waals surface area contributed by atoms with Gasteiger partial charge >= 0.3 is 0 Å². The average Bonchev–Trinajstić information content (AvgIpc) is 3.45. The Morgan fingerprint density at radius 3 is 2.65 bits per heavy atom. The molecule has 0 N–H and O–H groups in total. The molecule has 9 nitrogen and oxygen atoms in total. The number of likely N-dealkylation sites (N-methyl/N-ethyl adjacent to an activating group) is 1. The Bertz CT molecular complexity index is 1580. The second kappa shape index (κ2) is 12.1. The molecule has 3 aliphatic rings. The van der Waals surface area contributed by atoms with E-state index in [-0.39, 0.29) is 17.6 Å². The monoisotopic (exact) mass is 587 g/mol. The number of benzene rings is 1. The maximum Gasteiger partial charge on any atom is 0.280 e. The largest absolute Gasteiger partial charge is 0.475 e. The maximum absolute atomic E-state index is 13.8. The number of carbonyl (C=O) groups is 1. The van der Waals surface area contributed by atoms with Crippen molar-refractivity contribution >= 4 is 28.2 Å². The third-order valence-electron chi connectivity index (χ3n) is 8.83. The molecular formula is C32H35F2N7O2. The zero-order valence-electron chi connectivity index (χ0n) is 24.3. The molecule has 1 amide bonds. The van der Waals surface area contributed by atoms with Gasteiger partial charge in [-0.3, -0.25) is 4.79 Å². The molecule has 224 valence electrons. The van der Waals surface area contributed by atoms with E-state index in [9.17, 15) is 18.8 Å². The summed E-state index contributed by atoms with van der Waals surface area (Å²) >= 11 is 0. The van der Waals surface area contributed by atoms with Crippen molar-refractivity contribution in [3.8, 4) is 11.9 Å². The van der Waals surface area contributed by atoms with Crippen LogP contribution in [0.3, 0.4) is 0 Å². The molecule has 43 heavy (non-hydrogen) atoms. The van der Waals surface area contributed by atoms with Crippen LogP contribution in [-0.4, -0.2) is 84.6 Å². The van der Waals surface area contributed by atoms with Gasteiger partial charge in [-0.05, 0) is 50.4 Å². The molecule has 0 spiro atoms. The summed E-state index contributed by atoms with van der Waals surface area (Å²) in [5, 5.41) is 11.9. The van der Waals surface area contributed by atoms with Gasteiger partial charge in [-0.25, -0.2) is 18.7 Å². The summed E-state index contributed by atoms with van der Waals surface area (Å²) < 4.78 is 34.0. The second-order valence-corrected chi connectivity index (χ2v) is 11.3. The van der Waals surface area contributed by atoms with Crippen molar-refractivity contribution in [3.63, 3.8) is 0 Å². The van der Waals surface area contributed by atoms with E-state index in [1.165, 1.54) is 12.1 Å².